The van der Waals surface area contributed by atoms with Gasteiger partial charge in [0.15, 0.2) is 0 Å². The molecule has 0 aromatic heterocycles. The van der Waals surface area contributed by atoms with E-state index >= 15 is 0 Å². The van der Waals surface area contributed by atoms with Crippen LogP contribution in [0.5, 0.6) is 0 Å². The Morgan fingerprint density at radius 1 is 1.44 bits per heavy atom. The maximum absolute atomic E-state index is 5.98. The lowest BCUT2D eigenvalue weighted by Crippen LogP contribution is -2.30. The Labute approximate surface area is 119 Å². The fourth-order valence-corrected chi connectivity index (χ4v) is 1.96. The summed E-state index contributed by atoms with van der Waals surface area (Å²) in [4.78, 5) is 2.80. The van der Waals surface area contributed by atoms with Crippen LogP contribution in [0.1, 0.15) is 12.0 Å². The summed E-state index contributed by atoms with van der Waals surface area (Å²) in [5.74, 6) is 0. The molecule has 5 heteroatoms. The monoisotopic (exact) mass is 286 g/mol. The predicted molar refractivity (Wildman–Crippen MR) is 80.0 cm³/mol. The first-order chi connectivity index (χ1) is 8.61. The van der Waals surface area contributed by atoms with Crippen molar-refractivity contribution in [3.05, 3.63) is 34.9 Å². The van der Waals surface area contributed by atoms with Crippen LogP contribution in [0.3, 0.4) is 0 Å². The van der Waals surface area contributed by atoms with Crippen molar-refractivity contribution >= 4 is 28.8 Å². The summed E-state index contributed by atoms with van der Waals surface area (Å²) >= 11 is 10.9. The normalized spacial score (nSPS) is 10.8. The smallest absolute Gasteiger partial charge is 0.0740 e. The van der Waals surface area contributed by atoms with E-state index in [1.165, 1.54) is 5.56 Å². The Hall–Kier alpha value is -0.680. The second-order valence-corrected chi connectivity index (χ2v) is 5.08. The molecule has 0 aliphatic rings. The van der Waals surface area contributed by atoms with Crippen molar-refractivity contribution in [3.8, 4) is 0 Å². The van der Waals surface area contributed by atoms with Crippen molar-refractivity contribution in [1.82, 2.24) is 4.90 Å². The molecular weight excluding hydrogens is 268 g/mol. The molecule has 0 heterocycles. The number of nitrogens with zero attached hydrogens (tertiary/aromatic N) is 1. The fourth-order valence-electron chi connectivity index (χ4n) is 1.65. The third kappa shape index (κ3) is 6.31. The largest absolute Gasteiger partial charge is 0.393 e. The lowest BCUT2D eigenvalue weighted by atomic mass is 10.2. The van der Waals surface area contributed by atoms with E-state index in [-0.39, 0.29) is 0 Å². The lowest BCUT2D eigenvalue weighted by molar-refractivity contribution is 0.146. The van der Waals surface area contributed by atoms with Gasteiger partial charge in [0, 0.05) is 38.2 Å². The van der Waals surface area contributed by atoms with E-state index in [2.05, 4.69) is 11.0 Å². The van der Waals surface area contributed by atoms with Crippen molar-refractivity contribution < 1.29 is 4.74 Å². The highest BCUT2D eigenvalue weighted by Gasteiger charge is 2.06. The van der Waals surface area contributed by atoms with Gasteiger partial charge in [0.1, 0.15) is 0 Å². The number of thiocarbonyl (C=S) groups is 1. The molecule has 0 amide bonds. The average Bonchev–Trinajstić information content (AvgIpc) is 2.32. The Morgan fingerprint density at radius 3 is 2.83 bits per heavy atom. The van der Waals surface area contributed by atoms with Gasteiger partial charge in [-0.1, -0.05) is 36.0 Å². The standard InChI is InChI=1S/C13H19ClN2OS/c1-17-8-7-16(6-5-13(15)18)10-11-3-2-4-12(14)9-11/h2-4,9H,5-8,10H2,1H3,(H2,15,18). The molecule has 0 aliphatic heterocycles. The van der Waals surface area contributed by atoms with Crippen molar-refractivity contribution in [3.63, 3.8) is 0 Å². The van der Waals surface area contributed by atoms with Crippen LogP contribution in [0, 0.1) is 0 Å². The second-order valence-electron chi connectivity index (χ2n) is 4.12. The molecule has 3 nitrogen and oxygen atoms in total. The van der Waals surface area contributed by atoms with Crippen LogP contribution < -0.4 is 5.73 Å². The van der Waals surface area contributed by atoms with Gasteiger partial charge < -0.3 is 10.5 Å². The van der Waals surface area contributed by atoms with Crippen LogP contribution in [0.2, 0.25) is 5.02 Å². The van der Waals surface area contributed by atoms with Crippen LogP contribution >= 0.6 is 23.8 Å². The third-order valence-electron chi connectivity index (χ3n) is 2.58. The van der Waals surface area contributed by atoms with E-state index in [1.54, 1.807) is 7.11 Å². The zero-order valence-corrected chi connectivity index (χ0v) is 12.1. The van der Waals surface area contributed by atoms with E-state index in [9.17, 15) is 0 Å². The summed E-state index contributed by atoms with van der Waals surface area (Å²) in [5.41, 5.74) is 6.72. The Morgan fingerprint density at radius 2 is 2.22 bits per heavy atom. The number of nitrogens with two attached hydrogens (primary N) is 1. The first-order valence-corrected chi connectivity index (χ1v) is 6.64. The van der Waals surface area contributed by atoms with Crippen molar-refractivity contribution in [2.75, 3.05) is 26.8 Å². The molecule has 18 heavy (non-hydrogen) atoms. The lowest BCUT2D eigenvalue weighted by Gasteiger charge is -2.21. The number of ether oxygens (including phenoxy) is 1. The van der Waals surface area contributed by atoms with E-state index in [0.717, 1.165) is 31.1 Å². The SMILES string of the molecule is COCCN(CCC(N)=S)Cc1cccc(Cl)c1. The van der Waals surface area contributed by atoms with Gasteiger partial charge in [-0.05, 0) is 17.7 Å². The van der Waals surface area contributed by atoms with E-state index < -0.39 is 0 Å². The summed E-state index contributed by atoms with van der Waals surface area (Å²) in [6.45, 7) is 3.21. The van der Waals surface area contributed by atoms with Gasteiger partial charge in [-0.2, -0.15) is 0 Å². The molecule has 0 saturated heterocycles. The second kappa shape index (κ2) is 8.43. The predicted octanol–water partition coefficient (Wildman–Crippen LogP) is 2.46. The number of halogens is 1. The minimum Gasteiger partial charge on any atom is -0.393 e. The number of rotatable bonds is 8. The molecular formula is C13H19ClN2OS. The van der Waals surface area contributed by atoms with Gasteiger partial charge >= 0.3 is 0 Å². The molecule has 0 radical (unpaired) electrons. The highest BCUT2D eigenvalue weighted by Crippen LogP contribution is 2.12. The molecule has 0 aliphatic carbocycles. The molecule has 0 unspecified atom stereocenters. The highest BCUT2D eigenvalue weighted by atomic mass is 35.5. The minimum atomic E-state index is 0.545. The summed E-state index contributed by atoms with van der Waals surface area (Å²) in [7, 11) is 1.70. The van der Waals surface area contributed by atoms with E-state index in [1.807, 2.05) is 18.2 Å². The number of methoxy groups -OCH3 is 1. The first-order valence-electron chi connectivity index (χ1n) is 5.86. The van der Waals surface area contributed by atoms with Crippen molar-refractivity contribution in [2.45, 2.75) is 13.0 Å². The quantitative estimate of drug-likeness (QED) is 0.745. The summed E-state index contributed by atoms with van der Waals surface area (Å²) in [6, 6.07) is 7.87. The van der Waals surface area contributed by atoms with Crippen LogP contribution in [0.15, 0.2) is 24.3 Å². The van der Waals surface area contributed by atoms with Crippen LogP contribution in [0.4, 0.5) is 0 Å². The zero-order valence-electron chi connectivity index (χ0n) is 10.6. The van der Waals surface area contributed by atoms with Crippen LogP contribution in [-0.2, 0) is 11.3 Å². The van der Waals surface area contributed by atoms with E-state index in [0.29, 0.717) is 11.6 Å². The number of hydrogen-bond donors (Lipinski definition) is 1. The molecule has 1 aromatic rings. The van der Waals surface area contributed by atoms with Crippen LogP contribution in [-0.4, -0.2) is 36.7 Å². The molecule has 1 aromatic carbocycles. The van der Waals surface area contributed by atoms with Gasteiger partial charge in [-0.25, -0.2) is 0 Å². The van der Waals surface area contributed by atoms with Gasteiger partial charge in [0.25, 0.3) is 0 Å². The van der Waals surface area contributed by atoms with Gasteiger partial charge in [0.2, 0.25) is 0 Å². The minimum absolute atomic E-state index is 0.545. The highest BCUT2D eigenvalue weighted by molar-refractivity contribution is 7.80. The molecule has 0 spiro atoms. The van der Waals surface area contributed by atoms with Gasteiger partial charge in [-0.15, -0.1) is 0 Å². The Kier molecular flexibility index (Phi) is 7.20. The van der Waals surface area contributed by atoms with Crippen LogP contribution in [0.25, 0.3) is 0 Å². The summed E-state index contributed by atoms with van der Waals surface area (Å²) in [6.07, 6.45) is 0.722. The molecule has 100 valence electrons. The Bertz CT molecular complexity index is 387. The molecule has 0 bridgehead atoms. The zero-order chi connectivity index (χ0) is 13.4. The third-order valence-corrected chi connectivity index (χ3v) is 3.02. The number of benzene rings is 1. The molecule has 2 N–H and O–H groups in total. The molecule has 0 fully saturated rings. The average molecular weight is 287 g/mol. The summed E-state index contributed by atoms with van der Waals surface area (Å²) < 4.78 is 5.11. The summed E-state index contributed by atoms with van der Waals surface area (Å²) in [5, 5.41) is 0.758. The molecule has 1 rings (SSSR count). The van der Waals surface area contributed by atoms with E-state index in [4.69, 9.17) is 34.3 Å². The Balaban J connectivity index is 2.56. The maximum Gasteiger partial charge on any atom is 0.0740 e. The molecule has 0 saturated carbocycles. The topological polar surface area (TPSA) is 38.5 Å². The van der Waals surface area contributed by atoms with Gasteiger partial charge in [-0.3, -0.25) is 4.90 Å². The number of hydrogen-bond acceptors (Lipinski definition) is 3. The molecule has 0 atom stereocenters. The first kappa shape index (κ1) is 15.4. The van der Waals surface area contributed by atoms with Gasteiger partial charge in [0.05, 0.1) is 11.6 Å². The van der Waals surface area contributed by atoms with Crippen molar-refractivity contribution in [2.24, 2.45) is 5.73 Å². The van der Waals surface area contributed by atoms with Crippen molar-refractivity contribution in [1.29, 1.82) is 0 Å². The fraction of sp³-hybridized carbons (Fsp3) is 0.462. The maximum atomic E-state index is 5.98.